The van der Waals surface area contributed by atoms with Crippen LogP contribution in [0.4, 0.5) is 0 Å². The molecule has 23 heavy (non-hydrogen) atoms. The molecule has 0 fully saturated rings. The minimum absolute atomic E-state index is 0.280. The zero-order valence-corrected chi connectivity index (χ0v) is 15.1. The number of carbonyl (C=O) groups excluding carboxylic acids is 2. The number of nitrogens with zero attached hydrogens (tertiary/aromatic N) is 1. The van der Waals surface area contributed by atoms with Crippen LogP contribution in [0.1, 0.15) is 12.6 Å². The predicted molar refractivity (Wildman–Crippen MR) is 94.8 cm³/mol. The lowest BCUT2D eigenvalue weighted by molar-refractivity contribution is -0.127. The third kappa shape index (κ3) is 4.66. The van der Waals surface area contributed by atoms with Gasteiger partial charge in [0.25, 0.3) is 5.91 Å². The summed E-state index contributed by atoms with van der Waals surface area (Å²) in [5.41, 5.74) is 3.85. The molecule has 0 aliphatic rings. The minimum Gasteiger partial charge on any atom is -0.344 e. The molecule has 1 aromatic heterocycles. The molecule has 0 radical (unpaired) electrons. The number of carbonyl (C=O) groups is 2. The molecule has 1 aromatic carbocycles. The molecule has 0 unspecified atom stereocenters. The highest BCUT2D eigenvalue weighted by Crippen LogP contribution is 2.30. The van der Waals surface area contributed by atoms with E-state index in [1.807, 2.05) is 31.2 Å². The summed E-state index contributed by atoms with van der Waals surface area (Å²) in [6, 6.07) is 7.13. The maximum atomic E-state index is 11.8. The lowest BCUT2D eigenvalue weighted by Gasteiger charge is -2.16. The molecule has 4 N–H and O–H groups in total. The molecule has 0 saturated heterocycles. The number of hydrazine groups is 1. The Morgan fingerprint density at radius 2 is 2.13 bits per heavy atom. The van der Waals surface area contributed by atoms with Crippen LogP contribution in [0.3, 0.4) is 0 Å². The monoisotopic (exact) mass is 396 g/mol. The van der Waals surface area contributed by atoms with E-state index in [0.29, 0.717) is 5.75 Å². The van der Waals surface area contributed by atoms with Gasteiger partial charge in [-0.1, -0.05) is 15.9 Å². The van der Waals surface area contributed by atoms with Crippen LogP contribution in [-0.2, 0) is 9.59 Å². The number of rotatable bonds is 5. The number of nitrogens with one attached hydrogen (secondary N) is 2. The van der Waals surface area contributed by atoms with E-state index in [9.17, 15) is 9.59 Å². The first-order valence-electron chi connectivity index (χ1n) is 6.88. The summed E-state index contributed by atoms with van der Waals surface area (Å²) >= 11 is 4.93. The summed E-state index contributed by atoms with van der Waals surface area (Å²) in [5.74, 6) is 4.84. The second-order valence-corrected chi connectivity index (χ2v) is 6.97. The average molecular weight is 397 g/mol. The highest BCUT2D eigenvalue weighted by Gasteiger charge is 2.19. The fraction of sp³-hybridized carbons (Fsp3) is 0.267. The first kappa shape index (κ1) is 17.7. The van der Waals surface area contributed by atoms with Crippen LogP contribution < -0.4 is 16.6 Å². The quantitative estimate of drug-likeness (QED) is 0.310. The highest BCUT2D eigenvalue weighted by molar-refractivity contribution is 9.10. The molecule has 0 bridgehead atoms. The molecule has 6 nitrogen and oxygen atoms in total. The number of fused-ring (bicyclic) bond motifs is 1. The lowest BCUT2D eigenvalue weighted by atomic mass is 10.2. The van der Waals surface area contributed by atoms with Gasteiger partial charge in [-0.25, -0.2) is 5.84 Å². The van der Waals surface area contributed by atoms with Crippen molar-refractivity contribution < 1.29 is 9.59 Å². The van der Waals surface area contributed by atoms with Gasteiger partial charge >= 0.3 is 0 Å². The van der Waals surface area contributed by atoms with Crippen molar-refractivity contribution in [2.24, 2.45) is 5.84 Å². The molecule has 1 heterocycles. The van der Waals surface area contributed by atoms with Crippen molar-refractivity contribution in [3.05, 3.63) is 34.4 Å². The van der Waals surface area contributed by atoms with Gasteiger partial charge in [-0.05, 0) is 31.2 Å². The van der Waals surface area contributed by atoms with Crippen LogP contribution in [0, 0.1) is 6.92 Å². The zero-order chi connectivity index (χ0) is 17.0. The largest absolute Gasteiger partial charge is 0.344 e. The maximum absolute atomic E-state index is 11.8. The molecule has 8 heteroatoms. The Bertz CT molecular complexity index is 754. The minimum atomic E-state index is -0.696. The average Bonchev–Trinajstić information content (AvgIpc) is 2.50. The van der Waals surface area contributed by atoms with Gasteiger partial charge in [-0.15, -0.1) is 11.8 Å². The fourth-order valence-electron chi connectivity index (χ4n) is 2.11. The van der Waals surface area contributed by atoms with Gasteiger partial charge in [0.1, 0.15) is 6.04 Å². The van der Waals surface area contributed by atoms with Gasteiger partial charge in [-0.2, -0.15) is 0 Å². The van der Waals surface area contributed by atoms with Crippen molar-refractivity contribution in [2.75, 3.05) is 5.75 Å². The first-order valence-corrected chi connectivity index (χ1v) is 8.66. The smallest absolute Gasteiger partial charge is 0.257 e. The molecule has 0 saturated carbocycles. The number of hydrogen-bond acceptors (Lipinski definition) is 5. The fourth-order valence-corrected chi connectivity index (χ4v) is 3.63. The topological polar surface area (TPSA) is 97.1 Å². The van der Waals surface area contributed by atoms with Crippen molar-refractivity contribution in [3.8, 4) is 0 Å². The van der Waals surface area contributed by atoms with E-state index in [1.54, 1.807) is 0 Å². The van der Waals surface area contributed by atoms with Crippen LogP contribution >= 0.6 is 27.7 Å². The summed E-state index contributed by atoms with van der Waals surface area (Å²) in [6.45, 7) is 3.29. The summed E-state index contributed by atoms with van der Waals surface area (Å²) in [6.07, 6.45) is 0. The van der Waals surface area contributed by atoms with Crippen LogP contribution in [0.25, 0.3) is 10.9 Å². The number of hydrogen-bond donors (Lipinski definition) is 3. The summed E-state index contributed by atoms with van der Waals surface area (Å²) in [4.78, 5) is 28.5. The molecule has 2 amide bonds. The first-order chi connectivity index (χ1) is 10.9. The van der Waals surface area contributed by atoms with Crippen molar-refractivity contribution in [1.82, 2.24) is 15.7 Å². The van der Waals surface area contributed by atoms with Crippen LogP contribution in [-0.4, -0.2) is 28.6 Å². The number of aromatic nitrogens is 1. The van der Waals surface area contributed by atoms with Crippen molar-refractivity contribution in [1.29, 1.82) is 0 Å². The number of aryl methyl sites for hydroxylation is 1. The number of halogens is 1. The number of nitrogens with two attached hydrogens (primary N) is 1. The van der Waals surface area contributed by atoms with Crippen molar-refractivity contribution >= 4 is 50.4 Å². The summed E-state index contributed by atoms with van der Waals surface area (Å²) in [7, 11) is 0. The second-order valence-electron chi connectivity index (χ2n) is 5.00. The van der Waals surface area contributed by atoms with Gasteiger partial charge in [0.05, 0.1) is 5.52 Å². The van der Waals surface area contributed by atoms with Gasteiger partial charge < -0.3 is 5.32 Å². The molecular formula is C15H17BrN4O2S. The molecule has 0 spiro atoms. The zero-order valence-electron chi connectivity index (χ0n) is 12.7. The predicted octanol–water partition coefficient (Wildman–Crippen LogP) is 1.89. The Kier molecular flexibility index (Phi) is 5.97. The van der Waals surface area contributed by atoms with E-state index in [0.717, 1.165) is 26.0 Å². The molecule has 2 aromatic rings. The lowest BCUT2D eigenvalue weighted by Crippen LogP contribution is -2.49. The van der Waals surface area contributed by atoms with Crippen molar-refractivity contribution in [2.45, 2.75) is 24.8 Å². The molecule has 0 aliphatic carbocycles. The molecule has 122 valence electrons. The molecular weight excluding hydrogens is 380 g/mol. The Balaban J connectivity index is 2.27. The maximum Gasteiger partial charge on any atom is 0.257 e. The van der Waals surface area contributed by atoms with E-state index < -0.39 is 11.9 Å². The van der Waals surface area contributed by atoms with Gasteiger partial charge in [0.2, 0.25) is 5.91 Å². The Hall–Kier alpha value is -1.64. The van der Waals surface area contributed by atoms with E-state index >= 15 is 0 Å². The number of benzene rings is 1. The SMILES string of the molecule is CC(=O)N[C@@H](CSc1cc(C)nc2ccc(Br)cc12)C(=O)NN. The van der Waals surface area contributed by atoms with Gasteiger partial charge in [0.15, 0.2) is 0 Å². The van der Waals surface area contributed by atoms with E-state index in [2.05, 4.69) is 31.7 Å². The number of thioether (sulfide) groups is 1. The van der Waals surface area contributed by atoms with Crippen LogP contribution in [0.5, 0.6) is 0 Å². The Morgan fingerprint density at radius 3 is 2.78 bits per heavy atom. The number of amides is 2. The van der Waals surface area contributed by atoms with E-state index in [-0.39, 0.29) is 5.91 Å². The number of pyridine rings is 1. The van der Waals surface area contributed by atoms with Crippen LogP contribution in [0.15, 0.2) is 33.6 Å². The van der Waals surface area contributed by atoms with Crippen LogP contribution in [0.2, 0.25) is 0 Å². The van der Waals surface area contributed by atoms with E-state index in [1.165, 1.54) is 18.7 Å². The van der Waals surface area contributed by atoms with Gasteiger partial charge in [0, 0.05) is 33.1 Å². The van der Waals surface area contributed by atoms with Crippen molar-refractivity contribution in [3.63, 3.8) is 0 Å². The standard InChI is InChI=1S/C15H17BrN4O2S/c1-8-5-14(11-6-10(16)3-4-12(11)18-8)23-7-13(15(22)20-17)19-9(2)21/h3-6,13H,7,17H2,1-2H3,(H,19,21)(H,20,22)/t13-/m0/s1. The second kappa shape index (κ2) is 7.76. The molecule has 0 aliphatic heterocycles. The third-order valence-corrected chi connectivity index (χ3v) is 4.74. The Labute approximate surface area is 146 Å². The normalized spacial score (nSPS) is 12.0. The Morgan fingerprint density at radius 1 is 1.39 bits per heavy atom. The summed E-state index contributed by atoms with van der Waals surface area (Å²) < 4.78 is 0.954. The highest BCUT2D eigenvalue weighted by atomic mass is 79.9. The van der Waals surface area contributed by atoms with Gasteiger partial charge in [-0.3, -0.25) is 20.0 Å². The summed E-state index contributed by atoms with van der Waals surface area (Å²) in [5, 5.41) is 3.59. The molecule has 1 atom stereocenters. The third-order valence-electron chi connectivity index (χ3n) is 3.10. The molecule has 2 rings (SSSR count). The van der Waals surface area contributed by atoms with E-state index in [4.69, 9.17) is 5.84 Å².